The van der Waals surface area contributed by atoms with Gasteiger partial charge >= 0.3 is 0 Å². The van der Waals surface area contributed by atoms with E-state index in [0.29, 0.717) is 5.15 Å². The number of hydrogen-bond donors (Lipinski definition) is 3. The molecule has 0 amide bonds. The van der Waals surface area contributed by atoms with Gasteiger partial charge in [-0.25, -0.2) is 4.98 Å². The third-order valence-electron chi connectivity index (χ3n) is 4.90. The predicted molar refractivity (Wildman–Crippen MR) is 127 cm³/mol. The molecule has 3 aromatic rings. The largest absolute Gasteiger partial charge is 0.497 e. The summed E-state index contributed by atoms with van der Waals surface area (Å²) in [6.07, 6.45) is 4.50. The van der Waals surface area contributed by atoms with Crippen LogP contribution in [0.15, 0.2) is 41.5 Å². The summed E-state index contributed by atoms with van der Waals surface area (Å²) in [4.78, 5) is 12.3. The molecule has 166 valence electrons. The summed E-state index contributed by atoms with van der Waals surface area (Å²) < 4.78 is 10.8. The summed E-state index contributed by atoms with van der Waals surface area (Å²) in [5, 5.41) is 8.24. The molecule has 0 aliphatic carbocycles. The molecule has 0 saturated heterocycles. The van der Waals surface area contributed by atoms with Gasteiger partial charge in [0.25, 0.3) is 0 Å². The normalized spacial score (nSPS) is 11.5. The van der Waals surface area contributed by atoms with Crippen LogP contribution in [-0.2, 0) is 12.8 Å². The minimum Gasteiger partial charge on any atom is -0.497 e. The summed E-state index contributed by atoms with van der Waals surface area (Å²) >= 11 is 5.83. The van der Waals surface area contributed by atoms with Crippen LogP contribution in [0.2, 0.25) is 5.15 Å². The van der Waals surface area contributed by atoms with Crippen molar-refractivity contribution in [1.29, 1.82) is 0 Å². The summed E-state index contributed by atoms with van der Waals surface area (Å²) in [6, 6.07) is 9.83. The lowest BCUT2D eigenvalue weighted by atomic mass is 10.2. The topological polar surface area (TPSA) is 83.6 Å². The van der Waals surface area contributed by atoms with E-state index in [0.717, 1.165) is 78.5 Å². The molecule has 2 heterocycles. The average Bonchev–Trinajstić information content (AvgIpc) is 3.20. The Balaban J connectivity index is 1.52. The molecule has 3 rings (SSSR count). The molecular weight excluding hydrogens is 414 g/mol. The summed E-state index contributed by atoms with van der Waals surface area (Å²) in [5.41, 5.74) is 3.31. The number of ether oxygens (including phenoxy) is 2. The Kier molecular flexibility index (Phi) is 8.41. The first-order chi connectivity index (χ1) is 15.1. The number of aliphatic imine (C=N–C) groups is 1. The fraction of sp³-hybridized carbons (Fsp3) is 0.391. The number of nitrogens with one attached hydrogen (secondary N) is 3. The van der Waals surface area contributed by atoms with Crippen molar-refractivity contribution in [2.75, 3.05) is 33.9 Å². The second-order valence-electron chi connectivity index (χ2n) is 7.12. The second kappa shape index (κ2) is 11.5. The molecule has 0 aliphatic rings. The Morgan fingerprint density at radius 1 is 1.13 bits per heavy atom. The SMILES string of the molecule is CCNC(=NCCCc1cc2c(OC)cc(OC)cc2[nH]1)NCCc1ccc(Cl)nc1. The van der Waals surface area contributed by atoms with Crippen LogP contribution in [0.3, 0.4) is 0 Å². The molecule has 0 radical (unpaired) electrons. The van der Waals surface area contributed by atoms with Gasteiger partial charge in [-0.05, 0) is 43.9 Å². The molecule has 0 aliphatic heterocycles. The molecule has 7 nitrogen and oxygen atoms in total. The Morgan fingerprint density at radius 2 is 2.00 bits per heavy atom. The van der Waals surface area contributed by atoms with Crippen LogP contribution in [0.25, 0.3) is 10.9 Å². The van der Waals surface area contributed by atoms with E-state index in [-0.39, 0.29) is 0 Å². The number of aryl methyl sites for hydroxylation is 1. The number of nitrogens with zero attached hydrogens (tertiary/aromatic N) is 2. The van der Waals surface area contributed by atoms with Gasteiger partial charge in [0.05, 0.1) is 19.7 Å². The highest BCUT2D eigenvalue weighted by molar-refractivity contribution is 6.29. The van der Waals surface area contributed by atoms with E-state index in [4.69, 9.17) is 21.1 Å². The molecule has 0 bridgehead atoms. The first kappa shape index (κ1) is 22.7. The van der Waals surface area contributed by atoms with Crippen LogP contribution in [0, 0.1) is 0 Å². The van der Waals surface area contributed by atoms with E-state index in [1.165, 1.54) is 0 Å². The first-order valence-corrected chi connectivity index (χ1v) is 10.9. The molecule has 8 heteroatoms. The predicted octanol–water partition coefficient (Wildman–Crippen LogP) is 3.96. The highest BCUT2D eigenvalue weighted by Crippen LogP contribution is 2.31. The van der Waals surface area contributed by atoms with Crippen LogP contribution in [-0.4, -0.2) is 49.8 Å². The number of hydrogen-bond acceptors (Lipinski definition) is 4. The molecule has 0 spiro atoms. The van der Waals surface area contributed by atoms with Crippen LogP contribution >= 0.6 is 11.6 Å². The summed E-state index contributed by atoms with van der Waals surface area (Å²) in [7, 11) is 3.33. The van der Waals surface area contributed by atoms with Crippen molar-refractivity contribution in [1.82, 2.24) is 20.6 Å². The van der Waals surface area contributed by atoms with Crippen LogP contribution in [0.5, 0.6) is 11.5 Å². The average molecular weight is 444 g/mol. The van der Waals surface area contributed by atoms with Crippen molar-refractivity contribution in [3.8, 4) is 11.5 Å². The van der Waals surface area contributed by atoms with E-state index >= 15 is 0 Å². The van der Waals surface area contributed by atoms with Gasteiger partial charge in [0.1, 0.15) is 16.7 Å². The molecule has 0 fully saturated rings. The Hall–Kier alpha value is -2.93. The number of halogens is 1. The fourth-order valence-electron chi connectivity index (χ4n) is 3.34. The van der Waals surface area contributed by atoms with Gasteiger partial charge in [0.15, 0.2) is 5.96 Å². The van der Waals surface area contributed by atoms with Crippen molar-refractivity contribution < 1.29 is 9.47 Å². The first-order valence-electron chi connectivity index (χ1n) is 10.5. The number of pyridine rings is 1. The van der Waals surface area contributed by atoms with Gasteiger partial charge in [-0.3, -0.25) is 4.99 Å². The van der Waals surface area contributed by atoms with Gasteiger partial charge < -0.3 is 25.1 Å². The van der Waals surface area contributed by atoms with Crippen LogP contribution < -0.4 is 20.1 Å². The molecule has 0 unspecified atom stereocenters. The Morgan fingerprint density at radius 3 is 2.71 bits per heavy atom. The molecule has 1 aromatic carbocycles. The van der Waals surface area contributed by atoms with Crippen molar-refractivity contribution in [3.63, 3.8) is 0 Å². The third kappa shape index (κ3) is 6.52. The Labute approximate surface area is 188 Å². The monoisotopic (exact) mass is 443 g/mol. The number of methoxy groups -OCH3 is 2. The summed E-state index contributed by atoms with van der Waals surface area (Å²) in [5.74, 6) is 2.41. The third-order valence-corrected chi connectivity index (χ3v) is 5.12. The van der Waals surface area contributed by atoms with Crippen molar-refractivity contribution >= 4 is 28.5 Å². The minimum atomic E-state index is 0.513. The summed E-state index contributed by atoms with van der Waals surface area (Å²) in [6.45, 7) is 4.39. The van der Waals surface area contributed by atoms with Crippen molar-refractivity contribution in [2.24, 2.45) is 4.99 Å². The molecule has 0 atom stereocenters. The quantitative estimate of drug-likeness (QED) is 0.191. The van der Waals surface area contributed by atoms with Crippen molar-refractivity contribution in [3.05, 3.63) is 52.9 Å². The highest BCUT2D eigenvalue weighted by atomic mass is 35.5. The molecule has 31 heavy (non-hydrogen) atoms. The van der Waals surface area contributed by atoms with Gasteiger partial charge in [-0.1, -0.05) is 17.7 Å². The van der Waals surface area contributed by atoms with Gasteiger partial charge in [0, 0.05) is 49.0 Å². The molecule has 0 saturated carbocycles. The number of aromatic nitrogens is 2. The zero-order chi connectivity index (χ0) is 22.1. The molecule has 2 aromatic heterocycles. The van der Waals surface area contributed by atoms with Gasteiger partial charge in [-0.2, -0.15) is 0 Å². The number of fused-ring (bicyclic) bond motifs is 1. The zero-order valence-electron chi connectivity index (χ0n) is 18.3. The lowest BCUT2D eigenvalue weighted by molar-refractivity contribution is 0.398. The maximum absolute atomic E-state index is 5.83. The maximum Gasteiger partial charge on any atom is 0.191 e. The maximum atomic E-state index is 5.83. The van der Waals surface area contributed by atoms with E-state index < -0.39 is 0 Å². The van der Waals surface area contributed by atoms with Crippen molar-refractivity contribution in [2.45, 2.75) is 26.2 Å². The zero-order valence-corrected chi connectivity index (χ0v) is 19.1. The fourth-order valence-corrected chi connectivity index (χ4v) is 3.45. The number of H-pyrrole nitrogens is 1. The lowest BCUT2D eigenvalue weighted by Gasteiger charge is -2.11. The van der Waals surface area contributed by atoms with E-state index in [1.54, 1.807) is 20.4 Å². The lowest BCUT2D eigenvalue weighted by Crippen LogP contribution is -2.38. The van der Waals surface area contributed by atoms with Gasteiger partial charge in [-0.15, -0.1) is 0 Å². The van der Waals surface area contributed by atoms with Crippen LogP contribution in [0.4, 0.5) is 0 Å². The molecular formula is C23H30ClN5O2. The smallest absolute Gasteiger partial charge is 0.191 e. The number of benzene rings is 1. The number of guanidine groups is 1. The van der Waals surface area contributed by atoms with E-state index in [9.17, 15) is 0 Å². The standard InChI is InChI=1S/C23H30ClN5O2/c1-4-25-23(27-11-9-16-7-8-22(24)28-15-16)26-10-5-6-17-12-19-20(29-17)13-18(30-2)14-21(19)31-3/h7-8,12-15,29H,4-6,9-11H2,1-3H3,(H2,25,26,27). The van der Waals surface area contributed by atoms with E-state index in [2.05, 4.69) is 38.6 Å². The number of rotatable bonds is 10. The minimum absolute atomic E-state index is 0.513. The number of aromatic amines is 1. The van der Waals surface area contributed by atoms with Crippen LogP contribution in [0.1, 0.15) is 24.6 Å². The molecule has 3 N–H and O–H groups in total. The van der Waals surface area contributed by atoms with Gasteiger partial charge in [0.2, 0.25) is 0 Å². The van der Waals surface area contributed by atoms with E-state index in [1.807, 2.05) is 24.3 Å². The highest BCUT2D eigenvalue weighted by Gasteiger charge is 2.09. The Bertz CT molecular complexity index is 1000. The second-order valence-corrected chi connectivity index (χ2v) is 7.50.